The Morgan fingerprint density at radius 2 is 1.55 bits per heavy atom. The smallest absolute Gasteiger partial charge is 0.321 e. The topological polar surface area (TPSA) is 140 Å². The fourth-order valence-electron chi connectivity index (χ4n) is 5.26. The number of hydrogen-bond acceptors (Lipinski definition) is 6. The van der Waals surface area contributed by atoms with Crippen molar-refractivity contribution in [2.45, 2.75) is 24.3 Å². The molecular weight excluding hydrogens is 614 g/mol. The molecule has 4 aromatic carbocycles. The number of sulfonamides is 1. The quantitative estimate of drug-likeness (QED) is 0.125. The Hall–Kier alpha value is -5.20. The van der Waals surface area contributed by atoms with Crippen molar-refractivity contribution in [3.63, 3.8) is 0 Å². The Morgan fingerprint density at radius 1 is 0.830 bits per heavy atom. The van der Waals surface area contributed by atoms with Crippen LogP contribution >= 0.6 is 0 Å². The number of hydrogen-bond donors (Lipinski definition) is 4. The van der Waals surface area contributed by atoms with E-state index in [9.17, 15) is 18.0 Å². The third kappa shape index (κ3) is 8.34. The van der Waals surface area contributed by atoms with Crippen LogP contribution in [0.1, 0.15) is 28.8 Å². The largest absolute Gasteiger partial charge is 0.377 e. The van der Waals surface area contributed by atoms with E-state index >= 15 is 0 Å². The standard InChI is InChI=1S/C35H39N7O4S/c1-41(2)32-13-7-12-31-30(32)11-8-14-33(31)47(45,46)39-20-5-4-19-36-34(43)27-10-6-9-25(21-27)24-42(3)35(44)40-29-17-15-26(16-18-29)28-22-37-38-23-28/h6-18,21-23,39H,4-5,19-20,24H2,1-3H3,(H,36,43)(H,37,38)(H,40,44). The van der Waals surface area contributed by atoms with Gasteiger partial charge in [0.05, 0.1) is 11.1 Å². The van der Waals surface area contributed by atoms with Crippen molar-refractivity contribution in [3.05, 3.63) is 108 Å². The van der Waals surface area contributed by atoms with E-state index in [0.29, 0.717) is 42.6 Å². The summed E-state index contributed by atoms with van der Waals surface area (Å²) in [6, 6.07) is 25.3. The van der Waals surface area contributed by atoms with Gasteiger partial charge in [-0.15, -0.1) is 0 Å². The van der Waals surface area contributed by atoms with Gasteiger partial charge in [0.1, 0.15) is 0 Å². The first kappa shape index (κ1) is 33.2. The van der Waals surface area contributed by atoms with Gasteiger partial charge in [0, 0.05) is 80.2 Å². The van der Waals surface area contributed by atoms with Crippen molar-refractivity contribution in [1.29, 1.82) is 0 Å². The minimum atomic E-state index is -3.72. The number of carbonyl (C=O) groups is 2. The van der Waals surface area contributed by atoms with Crippen LogP contribution in [0.3, 0.4) is 0 Å². The maximum Gasteiger partial charge on any atom is 0.321 e. The molecule has 0 fully saturated rings. The molecule has 0 saturated carbocycles. The Bertz CT molecular complexity index is 1940. The molecule has 11 nitrogen and oxygen atoms in total. The normalized spacial score (nSPS) is 11.3. The van der Waals surface area contributed by atoms with Crippen molar-refractivity contribution in [3.8, 4) is 11.1 Å². The number of urea groups is 1. The first-order chi connectivity index (χ1) is 22.6. The van der Waals surface area contributed by atoms with E-state index < -0.39 is 10.0 Å². The number of H-pyrrole nitrogens is 1. The number of anilines is 2. The fraction of sp³-hybridized carbons (Fsp3) is 0.229. The van der Waals surface area contributed by atoms with Crippen LogP contribution in [0.2, 0.25) is 0 Å². The molecule has 0 aliphatic carbocycles. The lowest BCUT2D eigenvalue weighted by Crippen LogP contribution is -2.31. The summed E-state index contributed by atoms with van der Waals surface area (Å²) in [4.78, 5) is 29.4. The highest BCUT2D eigenvalue weighted by molar-refractivity contribution is 7.89. The SMILES string of the molecule is CN(Cc1cccc(C(=O)NCCCCNS(=O)(=O)c2cccc3c(N(C)C)cccc23)c1)C(=O)Nc1ccc(-c2cn[nH]c2)cc1. The summed E-state index contributed by atoms with van der Waals surface area (Å²) < 4.78 is 28.9. The zero-order valence-electron chi connectivity index (χ0n) is 26.7. The van der Waals surface area contributed by atoms with Crippen LogP contribution in [0.5, 0.6) is 0 Å². The highest BCUT2D eigenvalue weighted by Gasteiger charge is 2.18. The average molecular weight is 654 g/mol. The lowest BCUT2D eigenvalue weighted by atomic mass is 10.1. The molecule has 0 unspecified atom stereocenters. The molecule has 0 atom stereocenters. The molecule has 0 bridgehead atoms. The molecule has 5 aromatic rings. The molecule has 0 aliphatic heterocycles. The Morgan fingerprint density at radius 3 is 2.30 bits per heavy atom. The Labute approximate surface area is 275 Å². The highest BCUT2D eigenvalue weighted by Crippen LogP contribution is 2.30. The zero-order valence-corrected chi connectivity index (χ0v) is 27.5. The molecule has 0 saturated heterocycles. The molecule has 244 valence electrons. The summed E-state index contributed by atoms with van der Waals surface area (Å²) in [7, 11) is 1.83. The summed E-state index contributed by atoms with van der Waals surface area (Å²) in [6.07, 6.45) is 4.69. The van der Waals surface area contributed by atoms with E-state index in [4.69, 9.17) is 0 Å². The third-order valence-electron chi connectivity index (χ3n) is 7.73. The molecule has 0 aliphatic rings. The molecule has 12 heteroatoms. The molecule has 4 N–H and O–H groups in total. The van der Waals surface area contributed by atoms with Crippen molar-refractivity contribution < 1.29 is 18.0 Å². The second-order valence-corrected chi connectivity index (χ2v) is 13.2. The van der Waals surface area contributed by atoms with Crippen molar-refractivity contribution >= 4 is 44.1 Å². The van der Waals surface area contributed by atoms with Gasteiger partial charge in [-0.25, -0.2) is 17.9 Å². The van der Waals surface area contributed by atoms with Gasteiger partial charge in [-0.1, -0.05) is 48.5 Å². The van der Waals surface area contributed by atoms with E-state index in [2.05, 4.69) is 25.6 Å². The Balaban J connectivity index is 1.06. The number of aromatic amines is 1. The van der Waals surface area contributed by atoms with E-state index in [0.717, 1.165) is 27.8 Å². The number of rotatable bonds is 13. The summed E-state index contributed by atoms with van der Waals surface area (Å²) in [6.45, 7) is 0.959. The average Bonchev–Trinajstić information content (AvgIpc) is 3.61. The van der Waals surface area contributed by atoms with E-state index in [-0.39, 0.29) is 23.4 Å². The Kier molecular flexibility index (Phi) is 10.5. The molecule has 47 heavy (non-hydrogen) atoms. The molecule has 0 spiro atoms. The highest BCUT2D eigenvalue weighted by atomic mass is 32.2. The predicted octanol–water partition coefficient (Wildman–Crippen LogP) is 5.45. The number of nitrogens with zero attached hydrogens (tertiary/aromatic N) is 3. The van der Waals surface area contributed by atoms with Gasteiger partial charge < -0.3 is 20.4 Å². The zero-order chi connectivity index (χ0) is 33.4. The second-order valence-electron chi connectivity index (χ2n) is 11.4. The van der Waals surface area contributed by atoms with Gasteiger partial charge in [-0.3, -0.25) is 9.89 Å². The monoisotopic (exact) mass is 653 g/mol. The molecule has 5 rings (SSSR count). The predicted molar refractivity (Wildman–Crippen MR) is 186 cm³/mol. The van der Waals surface area contributed by atoms with Gasteiger partial charge in [0.15, 0.2) is 0 Å². The molecule has 1 heterocycles. The molecule has 0 radical (unpaired) electrons. The van der Waals surface area contributed by atoms with Gasteiger partial charge >= 0.3 is 6.03 Å². The number of carbonyl (C=O) groups excluding carboxylic acids is 2. The summed E-state index contributed by atoms with van der Waals surface area (Å²) in [5, 5.41) is 14.1. The van der Waals surface area contributed by atoms with Crippen LogP contribution in [-0.2, 0) is 16.6 Å². The molecule has 1 aromatic heterocycles. The maximum absolute atomic E-state index is 13.1. The van der Waals surface area contributed by atoms with Gasteiger partial charge in [0.2, 0.25) is 10.0 Å². The fourth-order valence-corrected chi connectivity index (χ4v) is 6.55. The van der Waals surface area contributed by atoms with Crippen LogP contribution in [0.25, 0.3) is 21.9 Å². The van der Waals surface area contributed by atoms with Gasteiger partial charge in [-0.2, -0.15) is 5.10 Å². The van der Waals surface area contributed by atoms with Crippen LogP contribution in [0.4, 0.5) is 16.2 Å². The first-order valence-electron chi connectivity index (χ1n) is 15.3. The number of benzene rings is 4. The number of nitrogens with one attached hydrogen (secondary N) is 4. The lowest BCUT2D eigenvalue weighted by molar-refractivity contribution is 0.0953. The van der Waals surface area contributed by atoms with Crippen LogP contribution in [-0.4, -0.2) is 69.7 Å². The van der Waals surface area contributed by atoms with Crippen molar-refractivity contribution in [2.24, 2.45) is 0 Å². The maximum atomic E-state index is 13.1. The van der Waals surface area contributed by atoms with E-state index in [1.54, 1.807) is 54.7 Å². The van der Waals surface area contributed by atoms with Crippen LogP contribution in [0, 0.1) is 0 Å². The summed E-state index contributed by atoms with van der Waals surface area (Å²) in [5.41, 5.74) is 4.86. The van der Waals surface area contributed by atoms with Crippen molar-refractivity contribution in [2.75, 3.05) is 44.4 Å². The number of fused-ring (bicyclic) bond motifs is 1. The van der Waals surface area contributed by atoms with Crippen LogP contribution < -0.4 is 20.3 Å². The number of amides is 3. The third-order valence-corrected chi connectivity index (χ3v) is 9.25. The first-order valence-corrected chi connectivity index (χ1v) is 16.8. The molecular formula is C35H39N7O4S. The molecule has 3 amide bonds. The van der Waals surface area contributed by atoms with Crippen molar-refractivity contribution in [1.82, 2.24) is 25.1 Å². The second kappa shape index (κ2) is 14.9. The summed E-state index contributed by atoms with van der Waals surface area (Å²) >= 11 is 0. The summed E-state index contributed by atoms with van der Waals surface area (Å²) in [5.74, 6) is -0.232. The van der Waals surface area contributed by atoms with E-state index in [1.807, 2.05) is 73.6 Å². The number of aromatic nitrogens is 2. The number of unbranched alkanes of at least 4 members (excludes halogenated alkanes) is 1. The minimum Gasteiger partial charge on any atom is -0.377 e. The van der Waals surface area contributed by atoms with Gasteiger partial charge in [-0.05, 0) is 60.4 Å². The lowest BCUT2D eigenvalue weighted by Gasteiger charge is -2.18. The van der Waals surface area contributed by atoms with Gasteiger partial charge in [0.25, 0.3) is 5.91 Å². The van der Waals surface area contributed by atoms with Crippen LogP contribution in [0.15, 0.2) is 102 Å². The van der Waals surface area contributed by atoms with E-state index in [1.165, 1.54) is 0 Å². The minimum absolute atomic E-state index is 0.232.